The molecule has 0 saturated carbocycles. The van der Waals surface area contributed by atoms with E-state index in [0.717, 1.165) is 24.7 Å². The second kappa shape index (κ2) is 4.14. The van der Waals surface area contributed by atoms with E-state index in [1.54, 1.807) is 0 Å². The van der Waals surface area contributed by atoms with Crippen molar-refractivity contribution in [2.75, 3.05) is 26.4 Å². The van der Waals surface area contributed by atoms with Crippen LogP contribution in [0.15, 0.2) is 24.3 Å². The first kappa shape index (κ1) is 11.8. The molecular formula is C14H18O4. The first-order valence-corrected chi connectivity index (χ1v) is 6.21. The second-order valence-corrected chi connectivity index (χ2v) is 5.50. The maximum Gasteiger partial charge on any atom is 0.161 e. The summed E-state index contributed by atoms with van der Waals surface area (Å²) >= 11 is 0. The molecule has 4 heteroatoms. The van der Waals surface area contributed by atoms with Gasteiger partial charge >= 0.3 is 0 Å². The summed E-state index contributed by atoms with van der Waals surface area (Å²) in [5.74, 6) is 1.52. The van der Waals surface area contributed by atoms with E-state index in [1.807, 2.05) is 38.1 Å². The van der Waals surface area contributed by atoms with Gasteiger partial charge in [-0.15, -0.1) is 0 Å². The predicted molar refractivity (Wildman–Crippen MR) is 66.1 cm³/mol. The van der Waals surface area contributed by atoms with E-state index in [0.29, 0.717) is 13.2 Å². The van der Waals surface area contributed by atoms with Crippen LogP contribution in [0.5, 0.6) is 11.5 Å². The third-order valence-corrected chi connectivity index (χ3v) is 3.19. The van der Waals surface area contributed by atoms with E-state index < -0.39 is 0 Å². The van der Waals surface area contributed by atoms with Gasteiger partial charge in [-0.1, -0.05) is 12.1 Å². The van der Waals surface area contributed by atoms with Crippen LogP contribution in [-0.4, -0.2) is 37.6 Å². The van der Waals surface area contributed by atoms with Crippen LogP contribution in [0.4, 0.5) is 0 Å². The summed E-state index contributed by atoms with van der Waals surface area (Å²) in [5, 5.41) is 0. The molecule has 2 saturated heterocycles. The van der Waals surface area contributed by atoms with E-state index in [2.05, 4.69) is 0 Å². The minimum absolute atomic E-state index is 0.112. The fourth-order valence-corrected chi connectivity index (χ4v) is 1.56. The molecule has 0 radical (unpaired) electrons. The Morgan fingerprint density at radius 2 is 1.33 bits per heavy atom. The van der Waals surface area contributed by atoms with Gasteiger partial charge < -0.3 is 18.9 Å². The lowest BCUT2D eigenvalue weighted by Gasteiger charge is -2.14. The number of hydrogen-bond donors (Lipinski definition) is 0. The van der Waals surface area contributed by atoms with Gasteiger partial charge in [-0.2, -0.15) is 0 Å². The van der Waals surface area contributed by atoms with Crippen LogP contribution in [0, 0.1) is 0 Å². The molecule has 0 aromatic heterocycles. The quantitative estimate of drug-likeness (QED) is 0.724. The van der Waals surface area contributed by atoms with Crippen LogP contribution in [0.25, 0.3) is 0 Å². The normalized spacial score (nSPS) is 33.0. The van der Waals surface area contributed by atoms with Crippen molar-refractivity contribution >= 4 is 0 Å². The van der Waals surface area contributed by atoms with Crippen LogP contribution in [0.2, 0.25) is 0 Å². The molecular weight excluding hydrogens is 232 g/mol. The first-order chi connectivity index (χ1) is 8.59. The minimum atomic E-state index is -0.112. The fourth-order valence-electron chi connectivity index (χ4n) is 1.56. The van der Waals surface area contributed by atoms with Crippen LogP contribution in [-0.2, 0) is 9.47 Å². The van der Waals surface area contributed by atoms with Crippen LogP contribution < -0.4 is 9.47 Å². The van der Waals surface area contributed by atoms with Crippen molar-refractivity contribution in [3.05, 3.63) is 24.3 Å². The molecule has 2 aliphatic rings. The molecule has 18 heavy (non-hydrogen) atoms. The van der Waals surface area contributed by atoms with Gasteiger partial charge in [0.05, 0.1) is 13.2 Å². The number of ether oxygens (including phenoxy) is 4. The Labute approximate surface area is 107 Å². The van der Waals surface area contributed by atoms with Crippen molar-refractivity contribution in [3.63, 3.8) is 0 Å². The van der Waals surface area contributed by atoms with Crippen molar-refractivity contribution in [1.29, 1.82) is 0 Å². The molecule has 0 aliphatic carbocycles. The van der Waals surface area contributed by atoms with E-state index in [1.165, 1.54) is 0 Å². The molecule has 98 valence electrons. The van der Waals surface area contributed by atoms with E-state index in [9.17, 15) is 0 Å². The molecule has 2 fully saturated rings. The number of rotatable bonds is 6. The molecule has 3 rings (SSSR count). The lowest BCUT2D eigenvalue weighted by atomic mass is 10.2. The summed E-state index contributed by atoms with van der Waals surface area (Å²) in [6, 6.07) is 7.70. The zero-order chi connectivity index (χ0) is 12.6. The summed E-state index contributed by atoms with van der Waals surface area (Å²) < 4.78 is 22.1. The third kappa shape index (κ3) is 2.76. The number of hydrogen-bond acceptors (Lipinski definition) is 4. The number of para-hydroxylation sites is 2. The molecule has 0 bridgehead atoms. The minimum Gasteiger partial charge on any atom is -0.487 e. The van der Waals surface area contributed by atoms with Crippen LogP contribution in [0.3, 0.4) is 0 Å². The standard InChI is InChI=1S/C14H18O4/c1-13(9-17-13)7-15-11-5-3-4-6-12(11)16-8-14(2)10-18-14/h3-6H,7-10H2,1-2H3. The lowest BCUT2D eigenvalue weighted by Crippen LogP contribution is -2.19. The molecule has 2 heterocycles. The first-order valence-electron chi connectivity index (χ1n) is 6.21. The molecule has 2 atom stereocenters. The summed E-state index contributed by atoms with van der Waals surface area (Å²) in [7, 11) is 0. The smallest absolute Gasteiger partial charge is 0.161 e. The zero-order valence-corrected chi connectivity index (χ0v) is 10.8. The Balaban J connectivity index is 1.61. The highest BCUT2D eigenvalue weighted by atomic mass is 16.6. The topological polar surface area (TPSA) is 43.5 Å². The van der Waals surface area contributed by atoms with Gasteiger partial charge in [-0.05, 0) is 26.0 Å². The molecule has 1 aromatic carbocycles. The van der Waals surface area contributed by atoms with Crippen molar-refractivity contribution < 1.29 is 18.9 Å². The highest BCUT2D eigenvalue weighted by Crippen LogP contribution is 2.33. The summed E-state index contributed by atoms with van der Waals surface area (Å²) in [6.07, 6.45) is 0. The Kier molecular flexibility index (Phi) is 2.72. The van der Waals surface area contributed by atoms with E-state index in [4.69, 9.17) is 18.9 Å². The summed E-state index contributed by atoms with van der Waals surface area (Å²) in [4.78, 5) is 0. The molecule has 2 unspecified atom stereocenters. The second-order valence-electron chi connectivity index (χ2n) is 5.50. The third-order valence-electron chi connectivity index (χ3n) is 3.19. The van der Waals surface area contributed by atoms with Gasteiger partial charge in [0.2, 0.25) is 0 Å². The highest BCUT2D eigenvalue weighted by Gasteiger charge is 2.41. The molecule has 0 amide bonds. The Bertz CT molecular complexity index is 394. The van der Waals surface area contributed by atoms with Crippen LogP contribution >= 0.6 is 0 Å². The Hall–Kier alpha value is -1.26. The highest BCUT2D eigenvalue weighted by molar-refractivity contribution is 5.39. The number of benzene rings is 1. The van der Waals surface area contributed by atoms with Gasteiger partial charge in [0.25, 0.3) is 0 Å². The Morgan fingerprint density at radius 1 is 0.944 bits per heavy atom. The molecule has 0 N–H and O–H groups in total. The SMILES string of the molecule is CC1(COc2ccccc2OCC2(C)CO2)CO1. The molecule has 1 aromatic rings. The number of epoxide rings is 2. The lowest BCUT2D eigenvalue weighted by molar-refractivity contribution is 0.176. The Morgan fingerprint density at radius 3 is 1.67 bits per heavy atom. The van der Waals surface area contributed by atoms with Gasteiger partial charge in [0.1, 0.15) is 24.4 Å². The maximum atomic E-state index is 5.76. The summed E-state index contributed by atoms with van der Waals surface area (Å²) in [6.45, 7) is 6.72. The van der Waals surface area contributed by atoms with Gasteiger partial charge in [0.15, 0.2) is 11.5 Å². The molecule has 2 aliphatic heterocycles. The summed E-state index contributed by atoms with van der Waals surface area (Å²) in [5.41, 5.74) is -0.225. The van der Waals surface area contributed by atoms with Crippen molar-refractivity contribution in [1.82, 2.24) is 0 Å². The van der Waals surface area contributed by atoms with Gasteiger partial charge in [0, 0.05) is 0 Å². The average Bonchev–Trinajstić information content (AvgIpc) is 3.27. The van der Waals surface area contributed by atoms with Gasteiger partial charge in [-0.3, -0.25) is 0 Å². The predicted octanol–water partition coefficient (Wildman–Crippen LogP) is 2.02. The van der Waals surface area contributed by atoms with E-state index in [-0.39, 0.29) is 11.2 Å². The van der Waals surface area contributed by atoms with Gasteiger partial charge in [-0.25, -0.2) is 0 Å². The van der Waals surface area contributed by atoms with Crippen molar-refractivity contribution in [2.24, 2.45) is 0 Å². The van der Waals surface area contributed by atoms with Crippen molar-refractivity contribution in [2.45, 2.75) is 25.0 Å². The largest absolute Gasteiger partial charge is 0.487 e. The van der Waals surface area contributed by atoms with Crippen LogP contribution in [0.1, 0.15) is 13.8 Å². The molecule has 4 nitrogen and oxygen atoms in total. The monoisotopic (exact) mass is 250 g/mol. The average molecular weight is 250 g/mol. The molecule has 0 spiro atoms. The van der Waals surface area contributed by atoms with E-state index >= 15 is 0 Å². The fraction of sp³-hybridized carbons (Fsp3) is 0.571. The zero-order valence-electron chi connectivity index (χ0n) is 10.8. The maximum absolute atomic E-state index is 5.76. The van der Waals surface area contributed by atoms with Crippen molar-refractivity contribution in [3.8, 4) is 11.5 Å².